The molecule has 0 aromatic carbocycles. The van der Waals surface area contributed by atoms with Gasteiger partial charge in [0, 0.05) is 50.3 Å². The summed E-state index contributed by atoms with van der Waals surface area (Å²) in [5.74, 6) is 1.34. The number of pyridine rings is 1. The quantitative estimate of drug-likeness (QED) is 0.916. The van der Waals surface area contributed by atoms with E-state index < -0.39 is 0 Å². The zero-order valence-corrected chi connectivity index (χ0v) is 15.4. The maximum absolute atomic E-state index is 12.9. The van der Waals surface area contributed by atoms with Gasteiger partial charge in [-0.1, -0.05) is 13.8 Å². The summed E-state index contributed by atoms with van der Waals surface area (Å²) >= 11 is 0. The fourth-order valence-electron chi connectivity index (χ4n) is 5.09. The Morgan fingerprint density at radius 2 is 2.16 bits per heavy atom. The van der Waals surface area contributed by atoms with E-state index in [4.69, 9.17) is 4.74 Å². The molecule has 6 nitrogen and oxygen atoms in total. The Labute approximate surface area is 149 Å². The summed E-state index contributed by atoms with van der Waals surface area (Å²) in [6.07, 6.45) is 5.49. The van der Waals surface area contributed by atoms with Crippen LogP contribution in [0.3, 0.4) is 0 Å². The molecule has 3 unspecified atom stereocenters. The van der Waals surface area contributed by atoms with Crippen LogP contribution < -0.4 is 10.2 Å². The fourth-order valence-corrected chi connectivity index (χ4v) is 5.09. The van der Waals surface area contributed by atoms with E-state index in [2.05, 4.69) is 29.0 Å². The number of carbonyl (C=O) groups is 1. The highest BCUT2D eigenvalue weighted by Crippen LogP contribution is 2.54. The summed E-state index contributed by atoms with van der Waals surface area (Å²) in [6.45, 7) is 7.23. The summed E-state index contributed by atoms with van der Waals surface area (Å²) in [6, 6.07) is 3.98. The van der Waals surface area contributed by atoms with Crippen molar-refractivity contribution in [1.29, 1.82) is 0 Å². The molecule has 1 N–H and O–H groups in total. The monoisotopic (exact) mass is 344 g/mol. The molecule has 3 heterocycles. The SMILES string of the molecule is CN(C(=O)Nc1cccnc1N1CCCC1)C1C2CCOC2C1(C)C. The number of rotatable bonds is 3. The third kappa shape index (κ3) is 2.67. The Balaban J connectivity index is 1.49. The first-order chi connectivity index (χ1) is 12.0. The number of urea groups is 1. The molecular weight excluding hydrogens is 316 g/mol. The Bertz CT molecular complexity index is 657. The van der Waals surface area contributed by atoms with Gasteiger partial charge in [0.1, 0.15) is 0 Å². The molecule has 4 rings (SSSR count). The van der Waals surface area contributed by atoms with E-state index in [1.54, 1.807) is 6.20 Å². The van der Waals surface area contributed by atoms with Crippen molar-refractivity contribution >= 4 is 17.5 Å². The van der Waals surface area contributed by atoms with Gasteiger partial charge in [0.15, 0.2) is 5.82 Å². The summed E-state index contributed by atoms with van der Waals surface area (Å²) in [5, 5.41) is 3.10. The van der Waals surface area contributed by atoms with Crippen LogP contribution in [0.15, 0.2) is 18.3 Å². The normalized spacial score (nSPS) is 29.9. The van der Waals surface area contributed by atoms with Gasteiger partial charge in [-0.15, -0.1) is 0 Å². The lowest BCUT2D eigenvalue weighted by Gasteiger charge is -2.57. The first-order valence-electron chi connectivity index (χ1n) is 9.35. The first kappa shape index (κ1) is 16.6. The summed E-state index contributed by atoms with van der Waals surface area (Å²) in [7, 11) is 1.90. The Morgan fingerprint density at radius 3 is 2.92 bits per heavy atom. The van der Waals surface area contributed by atoms with Gasteiger partial charge < -0.3 is 19.9 Å². The minimum atomic E-state index is -0.0585. The van der Waals surface area contributed by atoms with Gasteiger partial charge >= 0.3 is 6.03 Å². The lowest BCUT2D eigenvalue weighted by Crippen LogP contribution is -2.67. The van der Waals surface area contributed by atoms with Crippen LogP contribution in [0.4, 0.5) is 16.3 Å². The topological polar surface area (TPSA) is 57.7 Å². The van der Waals surface area contributed by atoms with Crippen molar-refractivity contribution in [2.45, 2.75) is 45.3 Å². The average Bonchev–Trinajstić information content (AvgIpc) is 3.25. The van der Waals surface area contributed by atoms with Gasteiger partial charge in [0.2, 0.25) is 0 Å². The van der Waals surface area contributed by atoms with Crippen molar-refractivity contribution in [2.24, 2.45) is 11.3 Å². The highest BCUT2D eigenvalue weighted by atomic mass is 16.5. The number of aromatic nitrogens is 1. The van der Waals surface area contributed by atoms with Crippen LogP contribution in [0.25, 0.3) is 0 Å². The number of carbonyl (C=O) groups excluding carboxylic acids is 1. The number of nitrogens with zero attached hydrogens (tertiary/aromatic N) is 3. The van der Waals surface area contributed by atoms with Crippen molar-refractivity contribution < 1.29 is 9.53 Å². The van der Waals surface area contributed by atoms with Crippen molar-refractivity contribution in [1.82, 2.24) is 9.88 Å². The molecule has 25 heavy (non-hydrogen) atoms. The van der Waals surface area contributed by atoms with Crippen LogP contribution in [0.5, 0.6) is 0 Å². The van der Waals surface area contributed by atoms with E-state index in [1.165, 1.54) is 12.8 Å². The molecule has 2 saturated heterocycles. The smallest absolute Gasteiger partial charge is 0.321 e. The molecular formula is C19H28N4O2. The van der Waals surface area contributed by atoms with E-state index >= 15 is 0 Å². The van der Waals surface area contributed by atoms with Crippen LogP contribution in [0, 0.1) is 11.3 Å². The highest BCUT2D eigenvalue weighted by molar-refractivity contribution is 5.92. The molecule has 6 heteroatoms. The van der Waals surface area contributed by atoms with E-state index in [0.717, 1.165) is 37.6 Å². The molecule has 3 fully saturated rings. The Hall–Kier alpha value is -1.82. The lowest BCUT2D eigenvalue weighted by molar-refractivity contribution is -0.137. The van der Waals surface area contributed by atoms with E-state index in [-0.39, 0.29) is 23.6 Å². The van der Waals surface area contributed by atoms with E-state index in [9.17, 15) is 4.79 Å². The maximum atomic E-state index is 12.9. The molecule has 0 spiro atoms. The minimum absolute atomic E-state index is 0.0000229. The number of amides is 2. The maximum Gasteiger partial charge on any atom is 0.321 e. The van der Waals surface area contributed by atoms with Gasteiger partial charge in [-0.3, -0.25) is 0 Å². The zero-order valence-electron chi connectivity index (χ0n) is 15.4. The van der Waals surface area contributed by atoms with Gasteiger partial charge in [0.05, 0.1) is 11.8 Å². The number of anilines is 2. The molecule has 1 aromatic rings. The summed E-state index contributed by atoms with van der Waals surface area (Å²) in [4.78, 5) is 21.5. The molecule has 1 saturated carbocycles. The molecule has 2 amide bonds. The number of hydrogen-bond acceptors (Lipinski definition) is 4. The van der Waals surface area contributed by atoms with Crippen molar-refractivity contribution in [3.8, 4) is 0 Å². The molecule has 3 aliphatic rings. The summed E-state index contributed by atoms with van der Waals surface area (Å²) < 4.78 is 5.86. The third-order valence-electron chi connectivity index (χ3n) is 6.21. The zero-order chi connectivity index (χ0) is 17.6. The van der Waals surface area contributed by atoms with Gasteiger partial charge in [-0.05, 0) is 31.4 Å². The molecule has 136 valence electrons. The van der Waals surface area contributed by atoms with Crippen LogP contribution in [0.2, 0.25) is 0 Å². The molecule has 0 radical (unpaired) electrons. The lowest BCUT2D eigenvalue weighted by atomic mass is 9.57. The van der Waals surface area contributed by atoms with Crippen molar-refractivity contribution in [2.75, 3.05) is 37.0 Å². The standard InChI is InChI=1S/C19H28N4O2/c1-19(2)15(13-8-12-25-16(13)19)22(3)18(24)21-14-7-6-9-20-17(14)23-10-4-5-11-23/h6-7,9,13,15-16H,4-5,8,10-12H2,1-3H3,(H,21,24). The van der Waals surface area contributed by atoms with E-state index in [1.807, 2.05) is 24.1 Å². The number of nitrogens with one attached hydrogen (secondary N) is 1. The molecule has 3 atom stereocenters. The van der Waals surface area contributed by atoms with Crippen LogP contribution in [0.1, 0.15) is 33.1 Å². The van der Waals surface area contributed by atoms with Crippen LogP contribution in [-0.4, -0.2) is 54.8 Å². The van der Waals surface area contributed by atoms with Crippen LogP contribution in [-0.2, 0) is 4.74 Å². The van der Waals surface area contributed by atoms with Crippen LogP contribution >= 0.6 is 0 Å². The Morgan fingerprint density at radius 1 is 1.40 bits per heavy atom. The number of fused-ring (bicyclic) bond motifs is 1. The van der Waals surface area contributed by atoms with E-state index in [0.29, 0.717) is 5.92 Å². The number of hydrogen-bond donors (Lipinski definition) is 1. The van der Waals surface area contributed by atoms with Crippen molar-refractivity contribution in [3.05, 3.63) is 18.3 Å². The molecule has 2 aliphatic heterocycles. The number of ether oxygens (including phenoxy) is 1. The largest absolute Gasteiger partial charge is 0.377 e. The molecule has 0 bridgehead atoms. The minimum Gasteiger partial charge on any atom is -0.377 e. The average molecular weight is 344 g/mol. The fraction of sp³-hybridized carbons (Fsp3) is 0.684. The Kier molecular flexibility index (Phi) is 4.10. The predicted octanol–water partition coefficient (Wildman–Crippen LogP) is 2.96. The second-order valence-corrected chi connectivity index (χ2v) is 8.12. The van der Waals surface area contributed by atoms with Gasteiger partial charge in [0.25, 0.3) is 0 Å². The molecule has 1 aromatic heterocycles. The second-order valence-electron chi connectivity index (χ2n) is 8.12. The van der Waals surface area contributed by atoms with Crippen molar-refractivity contribution in [3.63, 3.8) is 0 Å². The summed E-state index contributed by atoms with van der Waals surface area (Å²) in [5.41, 5.74) is 0.803. The second kappa shape index (κ2) is 6.16. The first-order valence-corrected chi connectivity index (χ1v) is 9.35. The third-order valence-corrected chi connectivity index (χ3v) is 6.21. The van der Waals surface area contributed by atoms with Gasteiger partial charge in [-0.2, -0.15) is 0 Å². The highest BCUT2D eigenvalue weighted by Gasteiger charge is 2.61. The molecule has 1 aliphatic carbocycles. The predicted molar refractivity (Wildman–Crippen MR) is 97.9 cm³/mol. The van der Waals surface area contributed by atoms with Gasteiger partial charge in [-0.25, -0.2) is 9.78 Å².